The van der Waals surface area contributed by atoms with Crippen molar-refractivity contribution in [3.05, 3.63) is 71.8 Å². The van der Waals surface area contributed by atoms with E-state index < -0.39 is 23.3 Å². The van der Waals surface area contributed by atoms with Crippen molar-refractivity contribution in [1.29, 1.82) is 0 Å². The monoisotopic (exact) mass is 322 g/mol. The molecule has 0 saturated heterocycles. The molecule has 4 heteroatoms. The molecule has 0 aliphatic carbocycles. The Morgan fingerprint density at radius 1 is 0.833 bits per heavy atom. The van der Waals surface area contributed by atoms with E-state index in [0.717, 1.165) is 12.5 Å². The van der Waals surface area contributed by atoms with Crippen molar-refractivity contribution in [1.82, 2.24) is 0 Å². The third-order valence-corrected chi connectivity index (χ3v) is 3.81. The van der Waals surface area contributed by atoms with Gasteiger partial charge in [-0.25, -0.2) is 0 Å². The molecule has 0 radical (unpaired) electrons. The Hall–Kier alpha value is -2.88. The number of rotatable bonds is 8. The third-order valence-electron chi connectivity index (χ3n) is 3.81. The first-order valence-corrected chi connectivity index (χ1v) is 7.73. The first-order chi connectivity index (χ1) is 11.5. The molecule has 0 heterocycles. The highest BCUT2D eigenvalue weighted by Gasteiger charge is 2.25. The number of hydrogen-bond acceptors (Lipinski definition) is 4. The summed E-state index contributed by atoms with van der Waals surface area (Å²) in [6.45, 7) is 1.07. The molecular formula is C20H18O4. The summed E-state index contributed by atoms with van der Waals surface area (Å²) in [6.07, 6.45) is 0.0616. The average Bonchev–Trinajstić information content (AvgIpc) is 2.62. The van der Waals surface area contributed by atoms with Crippen LogP contribution >= 0.6 is 0 Å². The molecule has 4 nitrogen and oxygen atoms in total. The average molecular weight is 322 g/mol. The zero-order valence-electron chi connectivity index (χ0n) is 13.4. The molecule has 0 aliphatic rings. The van der Waals surface area contributed by atoms with Gasteiger partial charge in [0.05, 0.1) is 0 Å². The van der Waals surface area contributed by atoms with E-state index in [9.17, 15) is 19.2 Å². The molecule has 0 bridgehead atoms. The van der Waals surface area contributed by atoms with Crippen LogP contribution in [0.1, 0.15) is 41.6 Å². The van der Waals surface area contributed by atoms with Crippen molar-refractivity contribution in [2.24, 2.45) is 0 Å². The summed E-state index contributed by atoms with van der Waals surface area (Å²) in [5.74, 6) is -3.16. The van der Waals surface area contributed by atoms with Gasteiger partial charge in [-0.15, -0.1) is 0 Å². The topological polar surface area (TPSA) is 68.3 Å². The van der Waals surface area contributed by atoms with Crippen LogP contribution in [0, 0.1) is 0 Å². The minimum atomic E-state index is -1.01. The fourth-order valence-electron chi connectivity index (χ4n) is 2.52. The van der Waals surface area contributed by atoms with Crippen LogP contribution in [0.4, 0.5) is 0 Å². The van der Waals surface area contributed by atoms with Crippen LogP contribution in [0.3, 0.4) is 0 Å². The lowest BCUT2D eigenvalue weighted by atomic mass is 9.86. The summed E-state index contributed by atoms with van der Waals surface area (Å²) in [5.41, 5.74) is 1.34. The van der Waals surface area contributed by atoms with E-state index in [-0.39, 0.29) is 18.6 Å². The number of benzene rings is 2. The molecule has 24 heavy (non-hydrogen) atoms. The van der Waals surface area contributed by atoms with E-state index in [1.807, 2.05) is 36.4 Å². The van der Waals surface area contributed by atoms with Crippen molar-refractivity contribution in [3.8, 4) is 0 Å². The van der Waals surface area contributed by atoms with Gasteiger partial charge in [0.2, 0.25) is 11.6 Å². The molecule has 0 spiro atoms. The van der Waals surface area contributed by atoms with Gasteiger partial charge >= 0.3 is 0 Å². The SMILES string of the molecule is CC(=O)C(=O)C(=O)CCC(C(=O)c1ccccc1)c1ccccc1. The highest BCUT2D eigenvalue weighted by molar-refractivity contribution is 6.63. The molecule has 0 aromatic heterocycles. The van der Waals surface area contributed by atoms with Crippen LogP contribution in [0.25, 0.3) is 0 Å². The first-order valence-electron chi connectivity index (χ1n) is 7.73. The highest BCUT2D eigenvalue weighted by atomic mass is 16.2. The van der Waals surface area contributed by atoms with Gasteiger partial charge in [0.25, 0.3) is 5.78 Å². The van der Waals surface area contributed by atoms with Crippen molar-refractivity contribution < 1.29 is 19.2 Å². The molecule has 1 atom stereocenters. The summed E-state index contributed by atoms with van der Waals surface area (Å²) in [5, 5.41) is 0. The maximum atomic E-state index is 12.8. The van der Waals surface area contributed by atoms with Crippen molar-refractivity contribution in [3.63, 3.8) is 0 Å². The summed E-state index contributed by atoms with van der Waals surface area (Å²) < 4.78 is 0. The maximum absolute atomic E-state index is 12.8. The van der Waals surface area contributed by atoms with Crippen molar-refractivity contribution >= 4 is 23.1 Å². The molecule has 2 aromatic rings. The van der Waals surface area contributed by atoms with E-state index in [0.29, 0.717) is 5.56 Å². The van der Waals surface area contributed by atoms with Crippen LogP contribution in [-0.2, 0) is 14.4 Å². The number of ketones is 4. The van der Waals surface area contributed by atoms with E-state index in [1.165, 1.54) is 0 Å². The Labute approximate surface area is 140 Å². The Morgan fingerprint density at radius 3 is 1.92 bits per heavy atom. The number of hydrogen-bond donors (Lipinski definition) is 0. The van der Waals surface area contributed by atoms with Gasteiger partial charge in [0.1, 0.15) is 0 Å². The van der Waals surface area contributed by atoms with E-state index in [1.54, 1.807) is 24.3 Å². The molecule has 2 aromatic carbocycles. The second-order valence-corrected chi connectivity index (χ2v) is 5.54. The van der Waals surface area contributed by atoms with Gasteiger partial charge in [-0.2, -0.15) is 0 Å². The predicted molar refractivity (Wildman–Crippen MR) is 89.9 cm³/mol. The van der Waals surface area contributed by atoms with Gasteiger partial charge in [-0.1, -0.05) is 60.7 Å². The molecule has 0 aliphatic heterocycles. The van der Waals surface area contributed by atoms with Crippen molar-refractivity contribution in [2.45, 2.75) is 25.7 Å². The summed E-state index contributed by atoms with van der Waals surface area (Å²) in [7, 11) is 0. The third kappa shape index (κ3) is 4.32. The standard InChI is InChI=1S/C20H18O4/c1-14(21)19(23)18(22)13-12-17(15-8-4-2-5-9-15)20(24)16-10-6-3-7-11-16/h2-11,17H,12-13H2,1H3. The lowest BCUT2D eigenvalue weighted by molar-refractivity contribution is -0.143. The molecule has 1 unspecified atom stereocenters. The second kappa shape index (κ2) is 8.11. The van der Waals surface area contributed by atoms with Gasteiger partial charge < -0.3 is 0 Å². The van der Waals surface area contributed by atoms with Gasteiger partial charge in [0.15, 0.2) is 5.78 Å². The Bertz CT molecular complexity index is 748. The van der Waals surface area contributed by atoms with Crippen LogP contribution in [0.15, 0.2) is 60.7 Å². The largest absolute Gasteiger partial charge is 0.293 e. The fraction of sp³-hybridized carbons (Fsp3) is 0.200. The molecule has 0 amide bonds. The Morgan fingerprint density at radius 2 is 1.38 bits per heavy atom. The molecule has 122 valence electrons. The maximum Gasteiger partial charge on any atom is 0.263 e. The summed E-state index contributed by atoms with van der Waals surface area (Å²) >= 11 is 0. The van der Waals surface area contributed by atoms with E-state index in [4.69, 9.17) is 0 Å². The zero-order chi connectivity index (χ0) is 17.5. The molecule has 0 fully saturated rings. The van der Waals surface area contributed by atoms with Gasteiger partial charge in [-0.05, 0) is 12.0 Å². The van der Waals surface area contributed by atoms with Crippen LogP contribution in [-0.4, -0.2) is 23.1 Å². The number of Topliss-reactive ketones (excluding diaryl/α,β-unsaturated/α-hetero) is 4. The van der Waals surface area contributed by atoms with Crippen LogP contribution < -0.4 is 0 Å². The summed E-state index contributed by atoms with van der Waals surface area (Å²) in [6, 6.07) is 18.0. The predicted octanol–water partition coefficient (Wildman–Crippen LogP) is 3.16. The molecular weight excluding hydrogens is 304 g/mol. The lowest BCUT2D eigenvalue weighted by Crippen LogP contribution is -2.23. The molecule has 0 saturated carbocycles. The quantitative estimate of drug-likeness (QED) is 0.425. The zero-order valence-corrected chi connectivity index (χ0v) is 13.4. The second-order valence-electron chi connectivity index (χ2n) is 5.54. The normalized spacial score (nSPS) is 11.5. The lowest BCUT2D eigenvalue weighted by Gasteiger charge is -2.16. The Kier molecular flexibility index (Phi) is 5.90. The van der Waals surface area contributed by atoms with E-state index in [2.05, 4.69) is 0 Å². The smallest absolute Gasteiger partial charge is 0.263 e. The number of carbonyl (C=O) groups excluding carboxylic acids is 4. The first kappa shape index (κ1) is 17.5. The Balaban J connectivity index is 2.21. The number of carbonyl (C=O) groups is 4. The van der Waals surface area contributed by atoms with Gasteiger partial charge in [-0.3, -0.25) is 19.2 Å². The van der Waals surface area contributed by atoms with Crippen LogP contribution in [0.5, 0.6) is 0 Å². The molecule has 2 rings (SSSR count). The van der Waals surface area contributed by atoms with Gasteiger partial charge in [0, 0.05) is 24.8 Å². The van der Waals surface area contributed by atoms with E-state index >= 15 is 0 Å². The molecule has 0 N–H and O–H groups in total. The highest BCUT2D eigenvalue weighted by Crippen LogP contribution is 2.26. The van der Waals surface area contributed by atoms with Crippen LogP contribution in [0.2, 0.25) is 0 Å². The summed E-state index contributed by atoms with van der Waals surface area (Å²) in [4.78, 5) is 47.1. The minimum Gasteiger partial charge on any atom is -0.293 e. The fourth-order valence-corrected chi connectivity index (χ4v) is 2.52. The minimum absolute atomic E-state index is 0.107. The van der Waals surface area contributed by atoms with Crippen molar-refractivity contribution in [2.75, 3.05) is 0 Å².